The molecule has 0 amide bonds. The van der Waals surface area contributed by atoms with Gasteiger partial charge in [0.05, 0.1) is 6.10 Å². The summed E-state index contributed by atoms with van der Waals surface area (Å²) in [5.74, 6) is -1.74. The third kappa shape index (κ3) is 25.8. The quantitative estimate of drug-likeness (QED) is 0.473. The molecule has 0 unspecified atom stereocenters. The Morgan fingerprint density at radius 2 is 1.33 bits per heavy atom. The Balaban J connectivity index is 0. The molecule has 1 aliphatic carbocycles. The van der Waals surface area contributed by atoms with Gasteiger partial charge >= 0.3 is 11.9 Å². The van der Waals surface area contributed by atoms with Crippen molar-refractivity contribution < 1.29 is 30.0 Å². The minimum Gasteiger partial charge on any atom is -0.481 e. The largest absolute Gasteiger partial charge is 0.481 e. The van der Waals surface area contributed by atoms with Gasteiger partial charge in [-0.05, 0) is 32.1 Å². The van der Waals surface area contributed by atoms with Crippen molar-refractivity contribution in [2.45, 2.75) is 96.5 Å². The van der Waals surface area contributed by atoms with Crippen molar-refractivity contribution >= 4 is 11.9 Å². The number of carbonyl (C=O) groups is 2. The van der Waals surface area contributed by atoms with Gasteiger partial charge in [-0.2, -0.15) is 0 Å². The van der Waals surface area contributed by atoms with Crippen LogP contribution in [0.5, 0.6) is 0 Å². The van der Waals surface area contributed by atoms with Gasteiger partial charge in [-0.15, -0.1) is 0 Å². The van der Waals surface area contributed by atoms with Crippen molar-refractivity contribution in [3.8, 4) is 0 Å². The Hall–Kier alpha value is -1.14. The lowest BCUT2D eigenvalue weighted by molar-refractivity contribution is -0.139. The molecule has 0 aliphatic heterocycles. The fourth-order valence-electron chi connectivity index (χ4n) is 2.17. The number of aliphatic hydroxyl groups is 2. The first-order valence-electron chi connectivity index (χ1n) is 9.16. The Morgan fingerprint density at radius 3 is 1.62 bits per heavy atom. The lowest BCUT2D eigenvalue weighted by Crippen LogP contribution is -2.09. The molecule has 6 heteroatoms. The zero-order chi connectivity index (χ0) is 18.6. The summed E-state index contributed by atoms with van der Waals surface area (Å²) in [6, 6.07) is 0. The molecule has 0 heterocycles. The van der Waals surface area contributed by atoms with Crippen LogP contribution in [0.4, 0.5) is 0 Å². The van der Waals surface area contributed by atoms with E-state index in [9.17, 15) is 9.59 Å². The fourth-order valence-corrected chi connectivity index (χ4v) is 2.17. The molecule has 0 radical (unpaired) electrons. The summed E-state index contributed by atoms with van der Waals surface area (Å²) in [7, 11) is 0. The highest BCUT2D eigenvalue weighted by Gasteiger charge is 2.07. The molecule has 0 saturated heterocycles. The molecular formula is C18H36O6. The maximum absolute atomic E-state index is 9.90. The van der Waals surface area contributed by atoms with Gasteiger partial charge in [-0.25, -0.2) is 0 Å². The summed E-state index contributed by atoms with van der Waals surface area (Å²) in [6.07, 6.45) is 11.6. The van der Waals surface area contributed by atoms with E-state index in [2.05, 4.69) is 6.92 Å². The second-order valence-corrected chi connectivity index (χ2v) is 6.07. The number of unbranched alkanes of at least 4 members (excludes halogenated alkanes) is 4. The van der Waals surface area contributed by atoms with Gasteiger partial charge in [0.25, 0.3) is 0 Å². The van der Waals surface area contributed by atoms with E-state index in [0.29, 0.717) is 19.4 Å². The topological polar surface area (TPSA) is 115 Å². The average molecular weight is 348 g/mol. The molecule has 0 aromatic carbocycles. The number of hydrogen-bond acceptors (Lipinski definition) is 4. The first-order valence-corrected chi connectivity index (χ1v) is 9.16. The Labute approximate surface area is 145 Å². The molecule has 0 aromatic heterocycles. The molecule has 144 valence electrons. The van der Waals surface area contributed by atoms with Gasteiger partial charge in [0, 0.05) is 19.4 Å². The molecule has 1 fully saturated rings. The monoisotopic (exact) mass is 348 g/mol. The van der Waals surface area contributed by atoms with Gasteiger partial charge in [-0.3, -0.25) is 9.59 Å². The van der Waals surface area contributed by atoms with Crippen molar-refractivity contribution in [2.24, 2.45) is 0 Å². The van der Waals surface area contributed by atoms with E-state index in [1.807, 2.05) is 0 Å². The first-order chi connectivity index (χ1) is 11.4. The van der Waals surface area contributed by atoms with E-state index in [-0.39, 0.29) is 18.9 Å². The van der Waals surface area contributed by atoms with Gasteiger partial charge in [0.2, 0.25) is 0 Å². The van der Waals surface area contributed by atoms with E-state index in [1.165, 1.54) is 38.5 Å². The molecule has 4 N–H and O–H groups in total. The molecule has 0 atom stereocenters. The standard InChI is InChI=1S/C6H10O4.C6H12O.C6H14O/c7-5(8)3-1-2-4-6(9)10;7-6-4-2-1-3-5-6;1-2-3-4-5-6-7/h1-4H2,(H,7,8)(H,9,10);6-7H,1-5H2;7H,2-6H2,1H3. The summed E-state index contributed by atoms with van der Waals surface area (Å²) in [6.45, 7) is 2.53. The third-order valence-electron chi connectivity index (χ3n) is 3.62. The fraction of sp³-hybridized carbons (Fsp3) is 0.889. The normalized spacial score (nSPS) is 14.0. The van der Waals surface area contributed by atoms with Crippen LogP contribution in [-0.2, 0) is 9.59 Å². The predicted octanol–water partition coefficient (Wildman–Crippen LogP) is 3.59. The maximum atomic E-state index is 9.90. The van der Waals surface area contributed by atoms with Crippen molar-refractivity contribution in [3.05, 3.63) is 0 Å². The lowest BCUT2D eigenvalue weighted by Gasteiger charge is -2.14. The molecule has 0 bridgehead atoms. The zero-order valence-electron chi connectivity index (χ0n) is 15.1. The number of aliphatic hydroxyl groups excluding tert-OH is 2. The summed E-state index contributed by atoms with van der Waals surface area (Å²) >= 11 is 0. The van der Waals surface area contributed by atoms with E-state index in [1.54, 1.807) is 0 Å². The van der Waals surface area contributed by atoms with Crippen LogP contribution in [-0.4, -0.2) is 45.1 Å². The molecule has 6 nitrogen and oxygen atoms in total. The number of carboxylic acids is 2. The molecule has 0 spiro atoms. The molecule has 1 saturated carbocycles. The van der Waals surface area contributed by atoms with E-state index < -0.39 is 11.9 Å². The van der Waals surface area contributed by atoms with Crippen LogP contribution in [0.3, 0.4) is 0 Å². The van der Waals surface area contributed by atoms with Gasteiger partial charge in [-0.1, -0.05) is 45.4 Å². The van der Waals surface area contributed by atoms with E-state index >= 15 is 0 Å². The van der Waals surface area contributed by atoms with Crippen LogP contribution in [0.2, 0.25) is 0 Å². The number of rotatable bonds is 9. The maximum Gasteiger partial charge on any atom is 0.303 e. The van der Waals surface area contributed by atoms with Crippen molar-refractivity contribution in [2.75, 3.05) is 6.61 Å². The smallest absolute Gasteiger partial charge is 0.303 e. The van der Waals surface area contributed by atoms with Gasteiger partial charge < -0.3 is 20.4 Å². The highest BCUT2D eigenvalue weighted by molar-refractivity contribution is 5.67. The molecule has 1 aliphatic rings. The minimum atomic E-state index is -0.870. The van der Waals surface area contributed by atoms with Crippen LogP contribution >= 0.6 is 0 Å². The van der Waals surface area contributed by atoms with Crippen LogP contribution in [0.15, 0.2) is 0 Å². The number of carboxylic acid groups (broad SMARTS) is 2. The van der Waals surface area contributed by atoms with Crippen LogP contribution in [0.25, 0.3) is 0 Å². The Kier molecular flexibility index (Phi) is 20.8. The van der Waals surface area contributed by atoms with Crippen LogP contribution in [0, 0.1) is 0 Å². The van der Waals surface area contributed by atoms with Crippen LogP contribution < -0.4 is 0 Å². The molecular weight excluding hydrogens is 312 g/mol. The van der Waals surface area contributed by atoms with Crippen molar-refractivity contribution in [1.29, 1.82) is 0 Å². The highest BCUT2D eigenvalue weighted by atomic mass is 16.4. The second-order valence-electron chi connectivity index (χ2n) is 6.07. The second kappa shape index (κ2) is 19.9. The lowest BCUT2D eigenvalue weighted by atomic mass is 9.98. The Bertz CT molecular complexity index is 267. The Morgan fingerprint density at radius 1 is 0.833 bits per heavy atom. The van der Waals surface area contributed by atoms with E-state index in [0.717, 1.165) is 19.3 Å². The minimum absolute atomic E-state index is 0.0359. The van der Waals surface area contributed by atoms with Crippen molar-refractivity contribution in [3.63, 3.8) is 0 Å². The highest BCUT2D eigenvalue weighted by Crippen LogP contribution is 2.16. The third-order valence-corrected chi connectivity index (χ3v) is 3.62. The average Bonchev–Trinajstić information content (AvgIpc) is 2.54. The van der Waals surface area contributed by atoms with E-state index in [4.69, 9.17) is 20.4 Å². The number of aliphatic carboxylic acids is 2. The SMILES string of the molecule is CCCCCCO.O=C(O)CCCCC(=O)O.OC1CCCCC1. The molecule has 0 aromatic rings. The summed E-state index contributed by atoms with van der Waals surface area (Å²) < 4.78 is 0. The summed E-state index contributed by atoms with van der Waals surface area (Å²) in [5.41, 5.74) is 0. The van der Waals surface area contributed by atoms with Gasteiger partial charge in [0.15, 0.2) is 0 Å². The molecule has 1 rings (SSSR count). The first kappa shape index (κ1) is 25.1. The number of hydrogen-bond donors (Lipinski definition) is 4. The van der Waals surface area contributed by atoms with Crippen molar-refractivity contribution in [1.82, 2.24) is 0 Å². The zero-order valence-corrected chi connectivity index (χ0v) is 15.1. The summed E-state index contributed by atoms with van der Waals surface area (Å²) in [4.78, 5) is 19.8. The predicted molar refractivity (Wildman–Crippen MR) is 94.1 cm³/mol. The van der Waals surface area contributed by atoms with Gasteiger partial charge in [0.1, 0.15) is 0 Å². The molecule has 24 heavy (non-hydrogen) atoms. The summed E-state index contributed by atoms with van der Waals surface area (Å²) in [5, 5.41) is 33.5. The van der Waals surface area contributed by atoms with Crippen LogP contribution in [0.1, 0.15) is 90.4 Å².